The van der Waals surface area contributed by atoms with Gasteiger partial charge in [-0.2, -0.15) is 0 Å². The fraction of sp³-hybridized carbons (Fsp3) is 0.333. The van der Waals surface area contributed by atoms with E-state index in [2.05, 4.69) is 10.1 Å². The molecule has 1 N–H and O–H groups in total. The molecule has 86 valence electrons. The van der Waals surface area contributed by atoms with Crippen molar-refractivity contribution in [2.75, 3.05) is 13.7 Å². The Labute approximate surface area is 94.6 Å². The van der Waals surface area contributed by atoms with Gasteiger partial charge in [-0.05, 0) is 24.5 Å². The van der Waals surface area contributed by atoms with Gasteiger partial charge in [0.2, 0.25) is 0 Å². The summed E-state index contributed by atoms with van der Waals surface area (Å²) in [5.41, 5.74) is 2.34. The highest BCUT2D eigenvalue weighted by Gasteiger charge is 2.12. The zero-order valence-corrected chi connectivity index (χ0v) is 9.45. The van der Waals surface area contributed by atoms with Gasteiger partial charge >= 0.3 is 11.9 Å². The molecule has 0 aliphatic carbocycles. The van der Waals surface area contributed by atoms with Crippen LogP contribution >= 0.6 is 0 Å². The van der Waals surface area contributed by atoms with Crippen molar-refractivity contribution in [3.63, 3.8) is 0 Å². The summed E-state index contributed by atoms with van der Waals surface area (Å²) in [4.78, 5) is 21.9. The minimum absolute atomic E-state index is 0.429. The molecular weight excluding hydrogens is 206 g/mol. The van der Waals surface area contributed by atoms with E-state index in [-0.39, 0.29) is 0 Å². The molecule has 16 heavy (non-hydrogen) atoms. The Kier molecular flexibility index (Phi) is 4.51. The summed E-state index contributed by atoms with van der Waals surface area (Å²) in [7, 11) is 1.18. The van der Waals surface area contributed by atoms with Gasteiger partial charge in [-0.3, -0.25) is 4.79 Å². The maximum atomic E-state index is 11.1. The zero-order chi connectivity index (χ0) is 12.0. The van der Waals surface area contributed by atoms with Gasteiger partial charge in [0, 0.05) is 6.54 Å². The van der Waals surface area contributed by atoms with Crippen molar-refractivity contribution in [2.45, 2.75) is 13.3 Å². The lowest BCUT2D eigenvalue weighted by molar-refractivity contribution is -0.152. The first-order valence-electron chi connectivity index (χ1n) is 5.06. The van der Waals surface area contributed by atoms with Gasteiger partial charge < -0.3 is 10.1 Å². The zero-order valence-electron chi connectivity index (χ0n) is 9.45. The highest BCUT2D eigenvalue weighted by Crippen LogP contribution is 2.06. The molecule has 1 aromatic rings. The normalized spacial score (nSPS) is 9.62. The van der Waals surface area contributed by atoms with Crippen molar-refractivity contribution in [1.29, 1.82) is 0 Å². The molecule has 0 aliphatic heterocycles. The molecule has 0 atom stereocenters. The summed E-state index contributed by atoms with van der Waals surface area (Å²) in [6, 6.07) is 7.92. The van der Waals surface area contributed by atoms with Gasteiger partial charge in [0.15, 0.2) is 0 Å². The van der Waals surface area contributed by atoms with Gasteiger partial charge in [-0.25, -0.2) is 4.79 Å². The second kappa shape index (κ2) is 5.90. The quantitative estimate of drug-likeness (QED) is 0.607. The van der Waals surface area contributed by atoms with Gasteiger partial charge in [0.25, 0.3) is 0 Å². The lowest BCUT2D eigenvalue weighted by atomic mass is 10.1. The average molecular weight is 221 g/mol. The van der Waals surface area contributed by atoms with Crippen LogP contribution < -0.4 is 5.32 Å². The number of nitrogens with one attached hydrogen (secondary N) is 1. The molecule has 1 aromatic carbocycles. The van der Waals surface area contributed by atoms with E-state index >= 15 is 0 Å². The summed E-state index contributed by atoms with van der Waals surface area (Å²) in [6.45, 7) is 2.44. The van der Waals surface area contributed by atoms with Gasteiger partial charge in [0.05, 0.1) is 7.11 Å². The van der Waals surface area contributed by atoms with E-state index in [9.17, 15) is 9.59 Å². The Morgan fingerprint density at radius 1 is 1.31 bits per heavy atom. The second-order valence-corrected chi connectivity index (χ2v) is 3.42. The van der Waals surface area contributed by atoms with Gasteiger partial charge in [-0.1, -0.05) is 24.3 Å². The number of esters is 1. The van der Waals surface area contributed by atoms with E-state index in [4.69, 9.17) is 0 Å². The predicted molar refractivity (Wildman–Crippen MR) is 59.9 cm³/mol. The smallest absolute Gasteiger partial charge is 0.396 e. The molecule has 0 bridgehead atoms. The van der Waals surface area contributed by atoms with Crippen LogP contribution in [0.1, 0.15) is 11.1 Å². The third-order valence-corrected chi connectivity index (χ3v) is 2.31. The van der Waals surface area contributed by atoms with E-state index in [0.29, 0.717) is 13.0 Å². The van der Waals surface area contributed by atoms with Crippen LogP contribution in [-0.2, 0) is 20.7 Å². The number of rotatable bonds is 3. The van der Waals surface area contributed by atoms with E-state index in [1.165, 1.54) is 12.7 Å². The lowest BCUT2D eigenvalue weighted by Crippen LogP contribution is -2.33. The number of methoxy groups -OCH3 is 1. The topological polar surface area (TPSA) is 55.4 Å². The summed E-state index contributed by atoms with van der Waals surface area (Å²) < 4.78 is 4.29. The molecule has 0 aromatic heterocycles. The molecule has 4 heteroatoms. The van der Waals surface area contributed by atoms with Gasteiger partial charge in [0.1, 0.15) is 0 Å². The fourth-order valence-electron chi connectivity index (χ4n) is 1.37. The Bertz CT molecular complexity index is 388. The molecule has 0 saturated heterocycles. The van der Waals surface area contributed by atoms with Crippen molar-refractivity contribution in [2.24, 2.45) is 0 Å². The van der Waals surface area contributed by atoms with E-state index in [0.717, 1.165) is 5.56 Å². The summed E-state index contributed by atoms with van der Waals surface area (Å²) in [6.07, 6.45) is 0.704. The van der Waals surface area contributed by atoms with E-state index in [1.807, 2.05) is 31.2 Å². The molecular formula is C12H15NO3. The third kappa shape index (κ3) is 3.38. The summed E-state index contributed by atoms with van der Waals surface area (Å²) in [5, 5.41) is 2.50. The number of benzene rings is 1. The van der Waals surface area contributed by atoms with Crippen LogP contribution in [0.2, 0.25) is 0 Å². The van der Waals surface area contributed by atoms with Crippen molar-refractivity contribution in [3.8, 4) is 0 Å². The van der Waals surface area contributed by atoms with Crippen molar-refractivity contribution >= 4 is 11.9 Å². The molecule has 0 unspecified atom stereocenters. The standard InChI is InChI=1S/C12H15NO3/c1-9-5-3-4-6-10(9)7-8-13-11(14)12(15)16-2/h3-6H,7-8H2,1-2H3,(H,13,14). The first-order chi connectivity index (χ1) is 7.65. The number of hydrogen-bond acceptors (Lipinski definition) is 3. The molecule has 0 spiro atoms. The Morgan fingerprint density at radius 3 is 2.62 bits per heavy atom. The Hall–Kier alpha value is -1.84. The minimum atomic E-state index is -0.857. The van der Waals surface area contributed by atoms with E-state index in [1.54, 1.807) is 0 Å². The molecule has 4 nitrogen and oxygen atoms in total. The fourth-order valence-corrected chi connectivity index (χ4v) is 1.37. The maximum Gasteiger partial charge on any atom is 0.396 e. The van der Waals surface area contributed by atoms with E-state index < -0.39 is 11.9 Å². The second-order valence-electron chi connectivity index (χ2n) is 3.42. The van der Waals surface area contributed by atoms with Crippen molar-refractivity contribution in [1.82, 2.24) is 5.32 Å². The largest absolute Gasteiger partial charge is 0.462 e. The summed E-state index contributed by atoms with van der Waals surface area (Å²) >= 11 is 0. The minimum Gasteiger partial charge on any atom is -0.462 e. The van der Waals surface area contributed by atoms with Crippen LogP contribution in [0.25, 0.3) is 0 Å². The SMILES string of the molecule is COC(=O)C(=O)NCCc1ccccc1C. The number of carbonyl (C=O) groups excluding carboxylic acids is 2. The molecule has 1 amide bonds. The van der Waals surface area contributed by atoms with Crippen molar-refractivity contribution < 1.29 is 14.3 Å². The maximum absolute atomic E-state index is 11.1. The number of amides is 1. The van der Waals surface area contributed by atoms with Crippen LogP contribution in [-0.4, -0.2) is 25.5 Å². The Balaban J connectivity index is 2.39. The highest BCUT2D eigenvalue weighted by molar-refractivity contribution is 6.32. The number of hydrogen-bond donors (Lipinski definition) is 1. The molecule has 0 heterocycles. The van der Waals surface area contributed by atoms with Crippen LogP contribution in [0.3, 0.4) is 0 Å². The van der Waals surface area contributed by atoms with Crippen LogP contribution in [0.5, 0.6) is 0 Å². The number of ether oxygens (including phenoxy) is 1. The van der Waals surface area contributed by atoms with Crippen LogP contribution in [0, 0.1) is 6.92 Å². The predicted octanol–water partition coefficient (Wildman–Crippen LogP) is 0.827. The molecule has 1 rings (SSSR count). The molecule has 0 fully saturated rings. The van der Waals surface area contributed by atoms with Crippen LogP contribution in [0.15, 0.2) is 24.3 Å². The van der Waals surface area contributed by atoms with Crippen LogP contribution in [0.4, 0.5) is 0 Å². The Morgan fingerprint density at radius 2 is 2.00 bits per heavy atom. The monoisotopic (exact) mass is 221 g/mol. The number of aryl methyl sites for hydroxylation is 1. The lowest BCUT2D eigenvalue weighted by Gasteiger charge is -2.06. The molecule has 0 saturated carbocycles. The first kappa shape index (κ1) is 12.2. The third-order valence-electron chi connectivity index (χ3n) is 2.31. The first-order valence-corrected chi connectivity index (χ1v) is 5.06. The number of carbonyl (C=O) groups is 2. The average Bonchev–Trinajstić information content (AvgIpc) is 2.30. The van der Waals surface area contributed by atoms with Gasteiger partial charge in [-0.15, -0.1) is 0 Å². The molecule has 0 aliphatic rings. The summed E-state index contributed by atoms with van der Waals surface area (Å²) in [5.74, 6) is -1.55. The molecule has 0 radical (unpaired) electrons. The highest BCUT2D eigenvalue weighted by atomic mass is 16.5. The van der Waals surface area contributed by atoms with Crippen molar-refractivity contribution in [3.05, 3.63) is 35.4 Å².